The molecule has 0 saturated heterocycles. The number of aryl methyl sites for hydroxylation is 1. The van der Waals surface area contributed by atoms with Crippen molar-refractivity contribution in [1.29, 1.82) is 0 Å². The van der Waals surface area contributed by atoms with Crippen LogP contribution in [0, 0.1) is 6.92 Å². The summed E-state index contributed by atoms with van der Waals surface area (Å²) in [6.45, 7) is 3.43. The summed E-state index contributed by atoms with van der Waals surface area (Å²) in [6.07, 6.45) is 0. The molecule has 6 nitrogen and oxygen atoms in total. The summed E-state index contributed by atoms with van der Waals surface area (Å²) in [5, 5.41) is 10.6. The van der Waals surface area contributed by atoms with Crippen molar-refractivity contribution in [3.05, 3.63) is 45.9 Å². The summed E-state index contributed by atoms with van der Waals surface area (Å²) < 4.78 is 27.0. The monoisotopic (exact) mass is 326 g/mol. The van der Waals surface area contributed by atoms with Gasteiger partial charge in [0.15, 0.2) is 5.69 Å². The topological polar surface area (TPSA) is 96.4 Å². The molecule has 0 aliphatic carbocycles. The summed E-state index contributed by atoms with van der Waals surface area (Å²) >= 11 is 1.11. The van der Waals surface area contributed by atoms with Crippen LogP contribution in [0.1, 0.15) is 34.0 Å². The Morgan fingerprint density at radius 1 is 1.43 bits per heavy atom. The molecule has 0 saturated carbocycles. The second-order valence-corrected chi connectivity index (χ2v) is 7.14. The first-order valence-corrected chi connectivity index (χ1v) is 8.43. The van der Waals surface area contributed by atoms with Crippen LogP contribution in [-0.2, 0) is 10.0 Å². The Morgan fingerprint density at radius 2 is 2.14 bits per heavy atom. The Hall–Kier alpha value is -1.77. The van der Waals surface area contributed by atoms with E-state index in [1.165, 1.54) is 11.4 Å². The fraction of sp³-hybridized carbons (Fsp3) is 0.231. The average Bonchev–Trinajstić information content (AvgIpc) is 2.88. The number of aromatic nitrogens is 1. The molecule has 1 aromatic heterocycles. The van der Waals surface area contributed by atoms with Crippen LogP contribution in [0.3, 0.4) is 0 Å². The Kier molecular flexibility index (Phi) is 4.40. The van der Waals surface area contributed by atoms with E-state index in [4.69, 9.17) is 5.11 Å². The third-order valence-electron chi connectivity index (χ3n) is 2.74. The molecule has 2 aromatic rings. The predicted octanol–water partition coefficient (Wildman–Crippen LogP) is 2.19. The summed E-state index contributed by atoms with van der Waals surface area (Å²) in [5.74, 6) is -1.13. The van der Waals surface area contributed by atoms with Crippen molar-refractivity contribution in [3.63, 3.8) is 0 Å². The Morgan fingerprint density at radius 3 is 2.71 bits per heavy atom. The highest BCUT2D eigenvalue weighted by molar-refractivity contribution is 7.89. The molecule has 2 rings (SSSR count). The maximum Gasteiger partial charge on any atom is 0.355 e. The van der Waals surface area contributed by atoms with Gasteiger partial charge in [0.05, 0.1) is 10.9 Å². The molecule has 0 bridgehead atoms. The van der Waals surface area contributed by atoms with Crippen molar-refractivity contribution in [2.45, 2.75) is 24.8 Å². The summed E-state index contributed by atoms with van der Waals surface area (Å²) in [4.78, 5) is 14.9. The lowest BCUT2D eigenvalue weighted by Gasteiger charge is -2.12. The van der Waals surface area contributed by atoms with E-state index in [1.54, 1.807) is 19.1 Å². The summed E-state index contributed by atoms with van der Waals surface area (Å²) in [6, 6.07) is 5.95. The zero-order chi connectivity index (χ0) is 15.6. The van der Waals surface area contributed by atoms with Gasteiger partial charge in [-0.1, -0.05) is 12.1 Å². The summed E-state index contributed by atoms with van der Waals surface area (Å²) in [5.41, 5.74) is 0.754. The average molecular weight is 326 g/mol. The first-order valence-electron chi connectivity index (χ1n) is 6.07. The maximum atomic E-state index is 12.3. The fourth-order valence-electron chi connectivity index (χ4n) is 1.72. The van der Waals surface area contributed by atoms with Crippen molar-refractivity contribution < 1.29 is 18.3 Å². The van der Waals surface area contributed by atoms with E-state index < -0.39 is 22.0 Å². The number of sulfonamides is 1. The van der Waals surface area contributed by atoms with E-state index >= 15 is 0 Å². The van der Waals surface area contributed by atoms with Crippen LogP contribution in [0.25, 0.3) is 0 Å². The van der Waals surface area contributed by atoms with Gasteiger partial charge in [-0.2, -0.15) is 0 Å². The van der Waals surface area contributed by atoms with Crippen molar-refractivity contribution in [3.8, 4) is 0 Å². The number of aromatic carboxylic acids is 1. The van der Waals surface area contributed by atoms with Crippen LogP contribution in [0.4, 0.5) is 0 Å². The van der Waals surface area contributed by atoms with E-state index in [2.05, 4.69) is 9.71 Å². The standard InChI is InChI=1S/C13H14N2O4S2/c1-8-4-3-5-10(6-8)21(18,19)15-9(2)12-14-11(7-20-12)13(16)17/h3-7,9,15H,1-2H3,(H,16,17). The van der Waals surface area contributed by atoms with Crippen LogP contribution in [-0.4, -0.2) is 24.5 Å². The quantitative estimate of drug-likeness (QED) is 0.878. The van der Waals surface area contributed by atoms with Gasteiger partial charge in [0.25, 0.3) is 0 Å². The lowest BCUT2D eigenvalue weighted by Crippen LogP contribution is -2.27. The molecule has 1 atom stereocenters. The van der Waals surface area contributed by atoms with Gasteiger partial charge in [-0.15, -0.1) is 11.3 Å². The predicted molar refractivity (Wildman–Crippen MR) is 79.0 cm³/mol. The largest absolute Gasteiger partial charge is 0.476 e. The van der Waals surface area contributed by atoms with Gasteiger partial charge in [-0.25, -0.2) is 22.9 Å². The first kappa shape index (κ1) is 15.6. The fourth-order valence-corrected chi connectivity index (χ4v) is 3.90. The van der Waals surface area contributed by atoms with Crippen molar-refractivity contribution in [2.24, 2.45) is 0 Å². The van der Waals surface area contributed by atoms with E-state index in [-0.39, 0.29) is 10.6 Å². The van der Waals surface area contributed by atoms with E-state index in [1.807, 2.05) is 13.0 Å². The van der Waals surface area contributed by atoms with Crippen LogP contribution in [0.15, 0.2) is 34.5 Å². The zero-order valence-corrected chi connectivity index (χ0v) is 13.0. The van der Waals surface area contributed by atoms with Crippen LogP contribution >= 0.6 is 11.3 Å². The van der Waals surface area contributed by atoms with Gasteiger partial charge in [-0.3, -0.25) is 0 Å². The van der Waals surface area contributed by atoms with Gasteiger partial charge < -0.3 is 5.11 Å². The number of carboxylic acid groups (broad SMARTS) is 1. The van der Waals surface area contributed by atoms with Crippen LogP contribution in [0.5, 0.6) is 0 Å². The molecule has 0 amide bonds. The third-order valence-corrected chi connectivity index (χ3v) is 5.31. The molecular formula is C13H14N2O4S2. The van der Waals surface area contributed by atoms with Crippen molar-refractivity contribution in [1.82, 2.24) is 9.71 Å². The number of carbonyl (C=O) groups is 1. The molecule has 1 heterocycles. The maximum absolute atomic E-state index is 12.3. The molecule has 0 spiro atoms. The minimum absolute atomic E-state index is 0.0865. The molecule has 1 aromatic carbocycles. The normalized spacial score (nSPS) is 13.0. The number of benzene rings is 1. The number of nitrogens with zero attached hydrogens (tertiary/aromatic N) is 1. The van der Waals surface area contributed by atoms with Crippen molar-refractivity contribution in [2.75, 3.05) is 0 Å². The van der Waals surface area contributed by atoms with Gasteiger partial charge in [0.1, 0.15) is 5.01 Å². The number of hydrogen-bond donors (Lipinski definition) is 2. The smallest absolute Gasteiger partial charge is 0.355 e. The Balaban J connectivity index is 2.21. The van der Waals surface area contributed by atoms with Crippen LogP contribution in [0.2, 0.25) is 0 Å². The highest BCUT2D eigenvalue weighted by Crippen LogP contribution is 2.21. The Bertz CT molecular complexity index is 768. The minimum atomic E-state index is -3.67. The molecule has 0 aliphatic heterocycles. The molecule has 8 heteroatoms. The number of hydrogen-bond acceptors (Lipinski definition) is 5. The first-order chi connectivity index (χ1) is 9.79. The number of nitrogens with one attached hydrogen (secondary N) is 1. The number of rotatable bonds is 5. The third kappa shape index (κ3) is 3.66. The van der Waals surface area contributed by atoms with E-state index in [9.17, 15) is 13.2 Å². The van der Waals surface area contributed by atoms with E-state index in [0.29, 0.717) is 5.01 Å². The SMILES string of the molecule is Cc1cccc(S(=O)(=O)NC(C)c2nc(C(=O)O)cs2)c1. The molecule has 1 unspecified atom stereocenters. The molecule has 112 valence electrons. The van der Waals surface area contributed by atoms with Gasteiger partial charge in [0, 0.05) is 5.38 Å². The van der Waals surface area contributed by atoms with Gasteiger partial charge in [-0.05, 0) is 31.5 Å². The van der Waals surface area contributed by atoms with Crippen molar-refractivity contribution >= 4 is 27.3 Å². The highest BCUT2D eigenvalue weighted by Gasteiger charge is 2.21. The summed E-state index contributed by atoms with van der Waals surface area (Å²) in [7, 11) is -3.67. The lowest BCUT2D eigenvalue weighted by atomic mass is 10.2. The van der Waals surface area contributed by atoms with E-state index in [0.717, 1.165) is 16.9 Å². The second kappa shape index (κ2) is 5.92. The molecule has 0 aliphatic rings. The van der Waals surface area contributed by atoms with Gasteiger partial charge >= 0.3 is 5.97 Å². The second-order valence-electron chi connectivity index (χ2n) is 4.54. The van der Waals surface area contributed by atoms with Gasteiger partial charge in [0.2, 0.25) is 10.0 Å². The van der Waals surface area contributed by atoms with Crippen LogP contribution < -0.4 is 4.72 Å². The zero-order valence-electron chi connectivity index (χ0n) is 11.4. The molecule has 21 heavy (non-hydrogen) atoms. The molecule has 0 radical (unpaired) electrons. The molecule has 2 N–H and O–H groups in total. The lowest BCUT2D eigenvalue weighted by molar-refractivity contribution is 0.0691. The number of carboxylic acids is 1. The molecular weight excluding hydrogens is 312 g/mol. The minimum Gasteiger partial charge on any atom is -0.476 e. The molecule has 0 fully saturated rings. The Labute approximate surface area is 126 Å². The number of thiazole rings is 1. The highest BCUT2D eigenvalue weighted by atomic mass is 32.2.